The highest BCUT2D eigenvalue weighted by Gasteiger charge is 2.16. The second-order valence-electron chi connectivity index (χ2n) is 5.71. The normalized spacial score (nSPS) is 11.0. The molecule has 0 bridgehead atoms. The second-order valence-corrected chi connectivity index (χ2v) is 6.68. The minimum absolute atomic E-state index is 0.0899. The molecule has 0 aliphatic rings. The van der Waals surface area contributed by atoms with Gasteiger partial charge in [-0.05, 0) is 39.0 Å². The van der Waals surface area contributed by atoms with Crippen LogP contribution in [0.4, 0.5) is 14.3 Å². The van der Waals surface area contributed by atoms with Crippen molar-refractivity contribution >= 4 is 32.8 Å². The number of nitrogens with one attached hydrogen (secondary N) is 2. The third kappa shape index (κ3) is 4.05. The predicted molar refractivity (Wildman–Crippen MR) is 99.1 cm³/mol. The molecule has 2 amide bonds. The van der Waals surface area contributed by atoms with Gasteiger partial charge in [0.1, 0.15) is 10.3 Å². The summed E-state index contributed by atoms with van der Waals surface area (Å²) in [5.41, 5.74) is 1.94. The van der Waals surface area contributed by atoms with Crippen molar-refractivity contribution in [3.63, 3.8) is 0 Å². The minimum Gasteiger partial charge on any atom is -0.474 e. The number of anilines is 1. The van der Waals surface area contributed by atoms with E-state index in [1.165, 1.54) is 23.6 Å². The Morgan fingerprint density at radius 1 is 1.35 bits per heavy atom. The molecule has 3 aromatic rings. The van der Waals surface area contributed by atoms with Gasteiger partial charge in [0, 0.05) is 23.9 Å². The Balaban J connectivity index is 2.04. The van der Waals surface area contributed by atoms with Gasteiger partial charge in [0.2, 0.25) is 11.8 Å². The van der Waals surface area contributed by atoms with Gasteiger partial charge in [-0.3, -0.25) is 5.32 Å². The molecule has 3 heterocycles. The molecule has 0 saturated carbocycles. The molecule has 3 aromatic heterocycles. The molecule has 9 heteroatoms. The first-order chi connectivity index (χ1) is 12.5. The smallest absolute Gasteiger partial charge is 0.321 e. The van der Waals surface area contributed by atoms with Crippen molar-refractivity contribution in [1.82, 2.24) is 20.3 Å². The summed E-state index contributed by atoms with van der Waals surface area (Å²) in [6.07, 6.45) is 1.33. The lowest BCUT2D eigenvalue weighted by Crippen LogP contribution is -2.28. The molecule has 0 atom stereocenters. The van der Waals surface area contributed by atoms with Crippen LogP contribution in [0.1, 0.15) is 20.8 Å². The maximum absolute atomic E-state index is 13.1. The predicted octanol–water partition coefficient (Wildman–Crippen LogP) is 3.82. The van der Waals surface area contributed by atoms with Gasteiger partial charge in [0.15, 0.2) is 5.13 Å². The summed E-state index contributed by atoms with van der Waals surface area (Å²) in [4.78, 5) is 24.9. The quantitative estimate of drug-likeness (QED) is 0.662. The van der Waals surface area contributed by atoms with E-state index < -0.39 is 5.95 Å². The summed E-state index contributed by atoms with van der Waals surface area (Å²) in [5, 5.41) is 5.75. The average molecular weight is 375 g/mol. The number of hydrogen-bond donors (Lipinski definition) is 2. The van der Waals surface area contributed by atoms with Gasteiger partial charge in [0.05, 0.1) is 6.10 Å². The third-order valence-electron chi connectivity index (χ3n) is 3.29. The van der Waals surface area contributed by atoms with Crippen LogP contribution in [0.5, 0.6) is 5.88 Å². The fourth-order valence-corrected chi connectivity index (χ4v) is 3.07. The summed E-state index contributed by atoms with van der Waals surface area (Å²) >= 11 is 1.25. The van der Waals surface area contributed by atoms with Gasteiger partial charge >= 0.3 is 6.03 Å². The monoisotopic (exact) mass is 375 g/mol. The van der Waals surface area contributed by atoms with E-state index in [4.69, 9.17) is 4.74 Å². The molecule has 0 saturated heterocycles. The molecule has 136 valence electrons. The van der Waals surface area contributed by atoms with E-state index in [0.717, 1.165) is 0 Å². The first-order valence-electron chi connectivity index (χ1n) is 8.11. The Bertz CT molecular complexity index is 927. The zero-order valence-electron chi connectivity index (χ0n) is 14.5. The maximum Gasteiger partial charge on any atom is 0.321 e. The van der Waals surface area contributed by atoms with Crippen LogP contribution < -0.4 is 15.4 Å². The maximum atomic E-state index is 13.1. The fourth-order valence-electron chi connectivity index (χ4n) is 2.26. The number of hydrogen-bond acceptors (Lipinski definition) is 6. The topological polar surface area (TPSA) is 89.0 Å². The Kier molecular flexibility index (Phi) is 5.27. The standard InChI is InChI=1S/C17H18FN5O2S/c1-4-19-16(24)23-17-21-12-7-11(10-5-6-13(18)20-8-10)14(25-9(2)3)22-15(12)26-17/h5-9H,4H2,1-3H3,(H2,19,21,23,24). The van der Waals surface area contributed by atoms with Crippen molar-refractivity contribution in [2.75, 3.05) is 11.9 Å². The van der Waals surface area contributed by atoms with Crippen LogP contribution in [0.25, 0.3) is 21.5 Å². The number of urea groups is 1. The van der Waals surface area contributed by atoms with Crippen molar-refractivity contribution in [2.24, 2.45) is 0 Å². The first kappa shape index (κ1) is 18.0. The van der Waals surface area contributed by atoms with Gasteiger partial charge in [-0.15, -0.1) is 0 Å². The second kappa shape index (κ2) is 7.61. The molecule has 0 aliphatic carbocycles. The number of amides is 2. The number of aromatic nitrogens is 3. The number of pyridine rings is 2. The number of fused-ring (bicyclic) bond motifs is 1. The van der Waals surface area contributed by atoms with Crippen molar-refractivity contribution in [3.05, 3.63) is 30.3 Å². The van der Waals surface area contributed by atoms with Crippen molar-refractivity contribution < 1.29 is 13.9 Å². The van der Waals surface area contributed by atoms with E-state index in [1.807, 2.05) is 20.8 Å². The third-order valence-corrected chi connectivity index (χ3v) is 4.17. The average Bonchev–Trinajstić information content (AvgIpc) is 2.95. The first-order valence-corrected chi connectivity index (χ1v) is 8.93. The molecule has 0 aliphatic heterocycles. The SMILES string of the molecule is CCNC(=O)Nc1nc2cc(-c3ccc(F)nc3)c(OC(C)C)nc2s1. The highest BCUT2D eigenvalue weighted by atomic mass is 32.1. The van der Waals surface area contributed by atoms with Crippen molar-refractivity contribution in [1.29, 1.82) is 0 Å². The van der Waals surface area contributed by atoms with Gasteiger partial charge < -0.3 is 10.1 Å². The molecule has 0 fully saturated rings. The molecule has 0 radical (unpaired) electrons. The van der Waals surface area contributed by atoms with E-state index in [9.17, 15) is 9.18 Å². The van der Waals surface area contributed by atoms with Crippen LogP contribution in [0.15, 0.2) is 24.4 Å². The molecule has 0 unspecified atom stereocenters. The van der Waals surface area contributed by atoms with E-state index in [1.54, 1.807) is 12.1 Å². The number of rotatable bonds is 5. The number of halogens is 1. The van der Waals surface area contributed by atoms with Gasteiger partial charge in [-0.25, -0.2) is 19.7 Å². The van der Waals surface area contributed by atoms with E-state index in [2.05, 4.69) is 25.6 Å². The van der Waals surface area contributed by atoms with Crippen molar-refractivity contribution in [2.45, 2.75) is 26.9 Å². The van der Waals surface area contributed by atoms with Gasteiger partial charge in [0.25, 0.3) is 0 Å². The number of thiazole rings is 1. The number of nitrogens with zero attached hydrogens (tertiary/aromatic N) is 3. The van der Waals surface area contributed by atoms with Crippen LogP contribution in [0.2, 0.25) is 0 Å². The van der Waals surface area contributed by atoms with Crippen LogP contribution >= 0.6 is 11.3 Å². The van der Waals surface area contributed by atoms with Crippen LogP contribution in [-0.4, -0.2) is 33.6 Å². The Labute approximate surface area is 153 Å². The number of carbonyl (C=O) groups is 1. The molecule has 0 aromatic carbocycles. The summed E-state index contributed by atoms with van der Waals surface area (Å²) in [7, 11) is 0. The van der Waals surface area contributed by atoms with Crippen LogP contribution in [-0.2, 0) is 0 Å². The van der Waals surface area contributed by atoms with Gasteiger partial charge in [-0.1, -0.05) is 11.3 Å². The Morgan fingerprint density at radius 2 is 2.15 bits per heavy atom. The molecule has 2 N–H and O–H groups in total. The van der Waals surface area contributed by atoms with Crippen LogP contribution in [0.3, 0.4) is 0 Å². The molecular formula is C17H18FN5O2S. The molecule has 7 nitrogen and oxygen atoms in total. The number of ether oxygens (including phenoxy) is 1. The Morgan fingerprint density at radius 3 is 2.81 bits per heavy atom. The minimum atomic E-state index is -0.559. The lowest BCUT2D eigenvalue weighted by molar-refractivity contribution is 0.234. The Hall–Kier alpha value is -2.81. The molecule has 26 heavy (non-hydrogen) atoms. The van der Waals surface area contributed by atoms with Crippen LogP contribution in [0, 0.1) is 5.95 Å². The number of carbonyl (C=O) groups excluding carboxylic acids is 1. The fraction of sp³-hybridized carbons (Fsp3) is 0.294. The molecule has 3 rings (SSSR count). The van der Waals surface area contributed by atoms with Crippen molar-refractivity contribution in [3.8, 4) is 17.0 Å². The molecular weight excluding hydrogens is 357 g/mol. The zero-order chi connectivity index (χ0) is 18.7. The summed E-state index contributed by atoms with van der Waals surface area (Å²) in [5.74, 6) is -0.148. The van der Waals surface area contributed by atoms with E-state index in [0.29, 0.717) is 39.0 Å². The van der Waals surface area contributed by atoms with Gasteiger partial charge in [-0.2, -0.15) is 4.39 Å². The van der Waals surface area contributed by atoms with E-state index in [-0.39, 0.29) is 12.1 Å². The zero-order valence-corrected chi connectivity index (χ0v) is 15.4. The molecule has 0 spiro atoms. The largest absolute Gasteiger partial charge is 0.474 e. The highest BCUT2D eigenvalue weighted by Crippen LogP contribution is 2.35. The lowest BCUT2D eigenvalue weighted by atomic mass is 10.1. The summed E-state index contributed by atoms with van der Waals surface area (Å²) < 4.78 is 19.0. The lowest BCUT2D eigenvalue weighted by Gasteiger charge is -2.13. The summed E-state index contributed by atoms with van der Waals surface area (Å²) in [6.45, 7) is 6.14. The van der Waals surface area contributed by atoms with E-state index >= 15 is 0 Å². The summed E-state index contributed by atoms with van der Waals surface area (Å²) in [6, 6.07) is 4.36. The highest BCUT2D eigenvalue weighted by molar-refractivity contribution is 7.22.